The second kappa shape index (κ2) is 6.51. The predicted octanol–water partition coefficient (Wildman–Crippen LogP) is 3.10. The molecule has 1 rings (SSSR count). The fourth-order valence-corrected chi connectivity index (χ4v) is 2.41. The molecule has 3 heteroatoms. The van der Waals surface area contributed by atoms with Gasteiger partial charge in [0.05, 0.1) is 0 Å². The fraction of sp³-hybridized carbons (Fsp3) is 0.917. The standard InChI is InChI=1S/C12H22BrNO/c1-9(2)11(6-7-13)14-12(15)8-10-4-3-5-10/h9-11H,3-8H2,1-2H3,(H,14,15). The van der Waals surface area contributed by atoms with Crippen LogP contribution in [0.1, 0.15) is 46.0 Å². The molecule has 1 amide bonds. The van der Waals surface area contributed by atoms with E-state index in [9.17, 15) is 4.79 Å². The highest BCUT2D eigenvalue weighted by atomic mass is 79.9. The van der Waals surface area contributed by atoms with Crippen LogP contribution >= 0.6 is 15.9 Å². The van der Waals surface area contributed by atoms with Gasteiger partial charge in [-0.1, -0.05) is 36.2 Å². The molecule has 88 valence electrons. The van der Waals surface area contributed by atoms with E-state index in [1.807, 2.05) is 0 Å². The predicted molar refractivity (Wildman–Crippen MR) is 67.1 cm³/mol. The Kier molecular flexibility index (Phi) is 5.65. The summed E-state index contributed by atoms with van der Waals surface area (Å²) in [5.41, 5.74) is 0. The molecule has 0 bridgehead atoms. The Bertz CT molecular complexity index is 202. The van der Waals surface area contributed by atoms with E-state index in [4.69, 9.17) is 0 Å². The molecular formula is C12H22BrNO. The number of hydrogen-bond acceptors (Lipinski definition) is 1. The van der Waals surface area contributed by atoms with Crippen LogP contribution in [-0.2, 0) is 4.79 Å². The number of amides is 1. The molecule has 15 heavy (non-hydrogen) atoms. The van der Waals surface area contributed by atoms with Crippen LogP contribution in [0.5, 0.6) is 0 Å². The molecule has 0 aromatic rings. The molecule has 1 atom stereocenters. The smallest absolute Gasteiger partial charge is 0.220 e. The number of rotatable bonds is 6. The van der Waals surface area contributed by atoms with Crippen LogP contribution in [0.15, 0.2) is 0 Å². The highest BCUT2D eigenvalue weighted by molar-refractivity contribution is 9.09. The van der Waals surface area contributed by atoms with Crippen LogP contribution < -0.4 is 5.32 Å². The van der Waals surface area contributed by atoms with Crippen molar-refractivity contribution in [1.82, 2.24) is 5.32 Å². The van der Waals surface area contributed by atoms with Gasteiger partial charge in [-0.15, -0.1) is 0 Å². The summed E-state index contributed by atoms with van der Waals surface area (Å²) in [6.07, 6.45) is 5.57. The van der Waals surface area contributed by atoms with Crippen LogP contribution in [0.3, 0.4) is 0 Å². The van der Waals surface area contributed by atoms with E-state index < -0.39 is 0 Å². The van der Waals surface area contributed by atoms with Gasteiger partial charge >= 0.3 is 0 Å². The van der Waals surface area contributed by atoms with E-state index in [0.717, 1.165) is 18.2 Å². The maximum atomic E-state index is 11.7. The Hall–Kier alpha value is -0.0500. The Morgan fingerprint density at radius 1 is 1.47 bits per heavy atom. The van der Waals surface area contributed by atoms with Crippen molar-refractivity contribution in [2.75, 3.05) is 5.33 Å². The van der Waals surface area contributed by atoms with Gasteiger partial charge < -0.3 is 5.32 Å². The maximum Gasteiger partial charge on any atom is 0.220 e. The summed E-state index contributed by atoms with van der Waals surface area (Å²) >= 11 is 3.43. The van der Waals surface area contributed by atoms with Gasteiger partial charge in [0.15, 0.2) is 0 Å². The largest absolute Gasteiger partial charge is 0.353 e. The second-order valence-corrected chi connectivity index (χ2v) is 5.69. The number of nitrogens with one attached hydrogen (secondary N) is 1. The third-order valence-electron chi connectivity index (χ3n) is 3.27. The molecule has 0 spiro atoms. The number of alkyl halides is 1. The van der Waals surface area contributed by atoms with Gasteiger partial charge in [-0.25, -0.2) is 0 Å². The van der Waals surface area contributed by atoms with Crippen LogP contribution in [0.25, 0.3) is 0 Å². The summed E-state index contributed by atoms with van der Waals surface area (Å²) in [6.45, 7) is 4.33. The minimum atomic E-state index is 0.249. The second-order valence-electron chi connectivity index (χ2n) is 4.90. The number of carbonyl (C=O) groups excluding carboxylic acids is 1. The first kappa shape index (κ1) is 13.0. The Morgan fingerprint density at radius 2 is 2.13 bits per heavy atom. The first-order valence-corrected chi connectivity index (χ1v) is 7.11. The molecule has 1 saturated carbocycles. The first-order valence-electron chi connectivity index (χ1n) is 5.98. The van der Waals surface area contributed by atoms with E-state index >= 15 is 0 Å². The highest BCUT2D eigenvalue weighted by Crippen LogP contribution is 2.29. The molecule has 1 N–H and O–H groups in total. The lowest BCUT2D eigenvalue weighted by molar-refractivity contribution is -0.123. The number of halogens is 1. The summed E-state index contributed by atoms with van der Waals surface area (Å²) in [6, 6.07) is 0.331. The third kappa shape index (κ3) is 4.54. The fourth-order valence-electron chi connectivity index (χ4n) is 1.91. The van der Waals surface area contributed by atoms with E-state index in [0.29, 0.717) is 17.9 Å². The van der Waals surface area contributed by atoms with E-state index in [1.54, 1.807) is 0 Å². The molecule has 0 aromatic heterocycles. The lowest BCUT2D eigenvalue weighted by Gasteiger charge is -2.27. The zero-order chi connectivity index (χ0) is 11.3. The van der Waals surface area contributed by atoms with E-state index in [-0.39, 0.29) is 5.91 Å². The van der Waals surface area contributed by atoms with Crippen LogP contribution in [0.2, 0.25) is 0 Å². The Morgan fingerprint density at radius 3 is 2.53 bits per heavy atom. The van der Waals surface area contributed by atoms with Gasteiger partial charge in [0.25, 0.3) is 0 Å². The Labute approximate surface area is 101 Å². The molecule has 1 fully saturated rings. The van der Waals surface area contributed by atoms with Gasteiger partial charge in [0.1, 0.15) is 0 Å². The van der Waals surface area contributed by atoms with Gasteiger partial charge in [0, 0.05) is 17.8 Å². The number of hydrogen-bond donors (Lipinski definition) is 1. The topological polar surface area (TPSA) is 29.1 Å². The average molecular weight is 276 g/mol. The van der Waals surface area contributed by atoms with Crippen molar-refractivity contribution in [2.24, 2.45) is 11.8 Å². The number of carbonyl (C=O) groups is 1. The minimum Gasteiger partial charge on any atom is -0.353 e. The van der Waals surface area contributed by atoms with E-state index in [1.165, 1.54) is 19.3 Å². The normalized spacial score (nSPS) is 18.7. The lowest BCUT2D eigenvalue weighted by Crippen LogP contribution is -2.40. The monoisotopic (exact) mass is 275 g/mol. The molecule has 0 aromatic carbocycles. The van der Waals surface area contributed by atoms with E-state index in [2.05, 4.69) is 35.1 Å². The van der Waals surface area contributed by atoms with Crippen molar-refractivity contribution >= 4 is 21.8 Å². The SMILES string of the molecule is CC(C)C(CCBr)NC(=O)CC1CCC1. The lowest BCUT2D eigenvalue weighted by atomic mass is 9.82. The van der Waals surface area contributed by atoms with Crippen molar-refractivity contribution in [2.45, 2.75) is 52.0 Å². The van der Waals surface area contributed by atoms with Gasteiger partial charge in [-0.3, -0.25) is 4.79 Å². The summed E-state index contributed by atoms with van der Waals surface area (Å²) in [5.74, 6) is 1.44. The molecule has 0 heterocycles. The van der Waals surface area contributed by atoms with Crippen molar-refractivity contribution in [3.05, 3.63) is 0 Å². The summed E-state index contributed by atoms with van der Waals surface area (Å²) in [4.78, 5) is 11.7. The van der Waals surface area contributed by atoms with Crippen LogP contribution in [0, 0.1) is 11.8 Å². The molecule has 0 aliphatic heterocycles. The third-order valence-corrected chi connectivity index (χ3v) is 3.73. The highest BCUT2D eigenvalue weighted by Gasteiger charge is 2.22. The summed E-state index contributed by atoms with van der Waals surface area (Å²) < 4.78 is 0. The molecular weight excluding hydrogens is 254 g/mol. The van der Waals surface area contributed by atoms with Gasteiger partial charge in [-0.05, 0) is 31.1 Å². The average Bonchev–Trinajstić information content (AvgIpc) is 2.10. The summed E-state index contributed by atoms with van der Waals surface area (Å²) in [5, 5.41) is 4.11. The first-order chi connectivity index (χ1) is 7.13. The molecule has 2 nitrogen and oxygen atoms in total. The van der Waals surface area contributed by atoms with Gasteiger partial charge in [-0.2, -0.15) is 0 Å². The zero-order valence-electron chi connectivity index (χ0n) is 9.76. The van der Waals surface area contributed by atoms with Gasteiger partial charge in [0.2, 0.25) is 5.91 Å². The molecule has 1 aliphatic rings. The molecule has 0 saturated heterocycles. The van der Waals surface area contributed by atoms with Crippen molar-refractivity contribution < 1.29 is 4.79 Å². The quantitative estimate of drug-likeness (QED) is 0.742. The van der Waals surface area contributed by atoms with Crippen LogP contribution in [0.4, 0.5) is 0 Å². The van der Waals surface area contributed by atoms with Crippen molar-refractivity contribution in [3.63, 3.8) is 0 Å². The van der Waals surface area contributed by atoms with Crippen LogP contribution in [-0.4, -0.2) is 17.3 Å². The zero-order valence-corrected chi connectivity index (χ0v) is 11.3. The Balaban J connectivity index is 2.25. The molecule has 0 radical (unpaired) electrons. The van der Waals surface area contributed by atoms with Crippen molar-refractivity contribution in [3.8, 4) is 0 Å². The van der Waals surface area contributed by atoms with Crippen molar-refractivity contribution in [1.29, 1.82) is 0 Å². The summed E-state index contributed by atoms with van der Waals surface area (Å²) in [7, 11) is 0. The molecule has 1 aliphatic carbocycles. The minimum absolute atomic E-state index is 0.249. The molecule has 1 unspecified atom stereocenters. The maximum absolute atomic E-state index is 11.7.